The topological polar surface area (TPSA) is 26.8 Å². The molecular weight excluding hydrogens is 372 g/mol. The van der Waals surface area contributed by atoms with E-state index in [1.807, 2.05) is 4.90 Å². The number of carbonyl (C=O) groups excluding carboxylic acids is 1. The molecule has 0 atom stereocenters. The second-order valence-electron chi connectivity index (χ2n) is 7.84. The van der Waals surface area contributed by atoms with Crippen molar-refractivity contribution in [2.75, 3.05) is 36.1 Å². The molecule has 2 aromatic carbocycles. The molecule has 0 bridgehead atoms. The summed E-state index contributed by atoms with van der Waals surface area (Å²) < 4.78 is 29.7. The molecule has 0 radical (unpaired) electrons. The van der Waals surface area contributed by atoms with Crippen LogP contribution in [0.15, 0.2) is 36.9 Å². The maximum atomic E-state index is 14.8. The summed E-state index contributed by atoms with van der Waals surface area (Å²) >= 11 is 0. The van der Waals surface area contributed by atoms with Gasteiger partial charge < -0.3 is 14.7 Å². The zero-order chi connectivity index (χ0) is 20.7. The fourth-order valence-electron chi connectivity index (χ4n) is 4.24. The van der Waals surface area contributed by atoms with Crippen LogP contribution in [0.2, 0.25) is 0 Å². The van der Waals surface area contributed by atoms with E-state index in [4.69, 9.17) is 0 Å². The molecule has 4 rings (SSSR count). The van der Waals surface area contributed by atoms with E-state index < -0.39 is 11.6 Å². The lowest BCUT2D eigenvalue weighted by atomic mass is 10.1. The molecule has 2 aliphatic rings. The molecule has 1 amide bonds. The molecule has 0 aromatic heterocycles. The van der Waals surface area contributed by atoms with Crippen LogP contribution < -0.4 is 9.80 Å². The van der Waals surface area contributed by atoms with Crippen LogP contribution in [0.3, 0.4) is 0 Å². The first-order valence-corrected chi connectivity index (χ1v) is 9.91. The van der Waals surface area contributed by atoms with E-state index in [1.54, 1.807) is 0 Å². The highest BCUT2D eigenvalue weighted by atomic mass is 19.1. The number of amides is 1. The van der Waals surface area contributed by atoms with Gasteiger partial charge in [0.15, 0.2) is 0 Å². The number of halogens is 2. The van der Waals surface area contributed by atoms with Crippen LogP contribution in [-0.2, 0) is 4.79 Å². The molecule has 2 fully saturated rings. The summed E-state index contributed by atoms with van der Waals surface area (Å²) in [5, 5.41) is 0. The highest BCUT2D eigenvalue weighted by Gasteiger charge is 2.28. The zero-order valence-corrected chi connectivity index (χ0v) is 16.8. The van der Waals surface area contributed by atoms with Gasteiger partial charge in [0.1, 0.15) is 11.6 Å². The number of rotatable bonds is 4. The minimum atomic E-state index is -0.685. The predicted molar refractivity (Wildman–Crippen MR) is 112 cm³/mol. The van der Waals surface area contributed by atoms with E-state index >= 15 is 0 Å². The molecule has 0 spiro atoms. The van der Waals surface area contributed by atoms with Crippen molar-refractivity contribution in [3.63, 3.8) is 0 Å². The van der Waals surface area contributed by atoms with Gasteiger partial charge in [-0.15, -0.1) is 0 Å². The summed E-state index contributed by atoms with van der Waals surface area (Å²) in [7, 11) is 0. The molecule has 0 N–H and O–H groups in total. The highest BCUT2D eigenvalue weighted by Crippen LogP contribution is 2.32. The monoisotopic (exact) mass is 397 g/mol. The minimum absolute atomic E-state index is 0.0981. The maximum absolute atomic E-state index is 14.8. The molecular formula is C23H25F2N3O. The molecule has 152 valence electrons. The summed E-state index contributed by atoms with van der Waals surface area (Å²) in [6.45, 7) is 10.5. The van der Waals surface area contributed by atoms with Crippen molar-refractivity contribution < 1.29 is 13.6 Å². The molecule has 0 aliphatic carbocycles. The maximum Gasteiger partial charge on any atom is 0.227 e. The van der Waals surface area contributed by atoms with Crippen LogP contribution in [0.1, 0.15) is 29.5 Å². The van der Waals surface area contributed by atoms with E-state index in [0.29, 0.717) is 38.3 Å². The van der Waals surface area contributed by atoms with E-state index in [2.05, 4.69) is 43.5 Å². The van der Waals surface area contributed by atoms with Crippen molar-refractivity contribution in [2.45, 2.75) is 26.7 Å². The Morgan fingerprint density at radius 3 is 2.38 bits per heavy atom. The Bertz CT molecular complexity index is 965. The standard InChI is InChI=1S/C23H25F2N3O/c1-15-6-7-21(16(2)11-15)27-10-9-26(14-27)17(3)23-19(24)12-18(13-20(23)25)28-8-4-5-22(28)29/h6-7,11-13H,3-5,8-10,14H2,1-2H3. The Morgan fingerprint density at radius 1 is 1.03 bits per heavy atom. The van der Waals surface area contributed by atoms with E-state index in [9.17, 15) is 13.6 Å². The van der Waals surface area contributed by atoms with Crippen LogP contribution in [-0.4, -0.2) is 37.1 Å². The molecule has 0 saturated carbocycles. The van der Waals surface area contributed by atoms with Crippen LogP contribution in [0, 0.1) is 25.5 Å². The normalized spacial score (nSPS) is 16.8. The van der Waals surface area contributed by atoms with Crippen molar-refractivity contribution in [3.05, 3.63) is 65.2 Å². The summed E-state index contributed by atoms with van der Waals surface area (Å²) in [6, 6.07) is 8.76. The second kappa shape index (κ2) is 7.50. The molecule has 2 aromatic rings. The van der Waals surface area contributed by atoms with Crippen LogP contribution in [0.4, 0.5) is 20.2 Å². The van der Waals surface area contributed by atoms with E-state index in [0.717, 1.165) is 12.2 Å². The molecule has 2 aliphatic heterocycles. The highest BCUT2D eigenvalue weighted by molar-refractivity contribution is 5.95. The zero-order valence-electron chi connectivity index (χ0n) is 16.8. The molecule has 0 unspecified atom stereocenters. The lowest BCUT2D eigenvalue weighted by Crippen LogP contribution is -2.26. The van der Waals surface area contributed by atoms with Gasteiger partial charge in [0.25, 0.3) is 0 Å². The van der Waals surface area contributed by atoms with Crippen molar-refractivity contribution >= 4 is 23.0 Å². The fraction of sp³-hybridized carbons (Fsp3) is 0.348. The third-order valence-corrected chi connectivity index (χ3v) is 5.76. The Morgan fingerprint density at radius 2 is 1.76 bits per heavy atom. The number of hydrogen-bond acceptors (Lipinski definition) is 3. The first kappa shape index (κ1) is 19.4. The Balaban J connectivity index is 1.55. The third kappa shape index (κ3) is 3.59. The summed E-state index contributed by atoms with van der Waals surface area (Å²) in [4.78, 5) is 17.4. The van der Waals surface area contributed by atoms with Crippen LogP contribution in [0.5, 0.6) is 0 Å². The molecule has 29 heavy (non-hydrogen) atoms. The van der Waals surface area contributed by atoms with Crippen molar-refractivity contribution in [1.82, 2.24) is 4.90 Å². The predicted octanol–water partition coefficient (Wildman–Crippen LogP) is 4.46. The van der Waals surface area contributed by atoms with Gasteiger partial charge in [-0.3, -0.25) is 4.79 Å². The second-order valence-corrected chi connectivity index (χ2v) is 7.84. The first-order chi connectivity index (χ1) is 13.8. The number of nitrogens with zero attached hydrogens (tertiary/aromatic N) is 3. The van der Waals surface area contributed by atoms with Gasteiger partial charge in [-0.05, 0) is 44.0 Å². The van der Waals surface area contributed by atoms with E-state index in [1.165, 1.54) is 28.2 Å². The van der Waals surface area contributed by atoms with Crippen molar-refractivity contribution in [3.8, 4) is 0 Å². The smallest absolute Gasteiger partial charge is 0.227 e. The molecule has 6 heteroatoms. The third-order valence-electron chi connectivity index (χ3n) is 5.76. The Hall–Kier alpha value is -2.89. The lowest BCUT2D eigenvalue weighted by molar-refractivity contribution is -0.117. The largest absolute Gasteiger partial charge is 0.352 e. The van der Waals surface area contributed by atoms with E-state index in [-0.39, 0.29) is 17.2 Å². The summed E-state index contributed by atoms with van der Waals surface area (Å²) in [5.74, 6) is -1.47. The van der Waals surface area contributed by atoms with Gasteiger partial charge in [-0.1, -0.05) is 24.3 Å². The number of benzene rings is 2. The van der Waals surface area contributed by atoms with Crippen molar-refractivity contribution in [1.29, 1.82) is 0 Å². The van der Waals surface area contributed by atoms with Gasteiger partial charge in [-0.25, -0.2) is 8.78 Å². The first-order valence-electron chi connectivity index (χ1n) is 9.91. The summed E-state index contributed by atoms with van der Waals surface area (Å²) in [6.07, 6.45) is 1.12. The molecule has 4 nitrogen and oxygen atoms in total. The Labute approximate surface area is 170 Å². The average Bonchev–Trinajstić information content (AvgIpc) is 3.30. The van der Waals surface area contributed by atoms with Gasteiger partial charge in [-0.2, -0.15) is 0 Å². The lowest BCUT2D eigenvalue weighted by Gasteiger charge is -2.25. The minimum Gasteiger partial charge on any atom is -0.352 e. The fourth-order valence-corrected chi connectivity index (χ4v) is 4.24. The van der Waals surface area contributed by atoms with Crippen LogP contribution >= 0.6 is 0 Å². The number of hydrogen-bond donors (Lipinski definition) is 0. The van der Waals surface area contributed by atoms with Crippen LogP contribution in [0.25, 0.3) is 5.70 Å². The number of carbonyl (C=O) groups is 1. The molecule has 2 heterocycles. The average molecular weight is 397 g/mol. The molecule has 2 saturated heterocycles. The van der Waals surface area contributed by atoms with Crippen molar-refractivity contribution in [2.24, 2.45) is 0 Å². The number of aryl methyl sites for hydroxylation is 2. The number of anilines is 2. The van der Waals surface area contributed by atoms with Gasteiger partial charge in [0.2, 0.25) is 5.91 Å². The summed E-state index contributed by atoms with van der Waals surface area (Å²) in [5.41, 5.74) is 3.98. The van der Waals surface area contributed by atoms with Gasteiger partial charge in [0, 0.05) is 43.1 Å². The SMILES string of the molecule is C=C(c1c(F)cc(N2CCCC2=O)cc1F)N1CCN(c2ccc(C)cc2C)C1. The van der Waals surface area contributed by atoms with Gasteiger partial charge in [0.05, 0.1) is 12.2 Å². The van der Waals surface area contributed by atoms with Gasteiger partial charge >= 0.3 is 0 Å². The quantitative estimate of drug-likeness (QED) is 0.762. The Kier molecular flexibility index (Phi) is 5.03.